The lowest BCUT2D eigenvalue weighted by atomic mass is 10.2. The van der Waals surface area contributed by atoms with Gasteiger partial charge in [-0.15, -0.1) is 0 Å². The summed E-state index contributed by atoms with van der Waals surface area (Å²) >= 11 is 0. The number of aryl methyl sites for hydroxylation is 1. The molecule has 0 spiro atoms. The molecule has 0 amide bonds. The Labute approximate surface area is 102 Å². The highest BCUT2D eigenvalue weighted by Crippen LogP contribution is 2.21. The fourth-order valence-corrected chi connectivity index (χ4v) is 1.99. The van der Waals surface area contributed by atoms with Crippen molar-refractivity contribution in [2.45, 2.75) is 32.9 Å². The smallest absolute Gasteiger partial charge is 0.133 e. The molecule has 0 aromatic carbocycles. The minimum absolute atomic E-state index is 0.0385. The second-order valence-corrected chi connectivity index (χ2v) is 3.98. The van der Waals surface area contributed by atoms with Gasteiger partial charge in [-0.05, 0) is 25.1 Å². The molecule has 17 heavy (non-hydrogen) atoms. The first-order chi connectivity index (χ1) is 8.36. The van der Waals surface area contributed by atoms with Crippen LogP contribution in [0, 0.1) is 0 Å². The maximum atomic E-state index is 5.49. The molecule has 2 aromatic rings. The quantitative estimate of drug-likeness (QED) is 0.834. The summed E-state index contributed by atoms with van der Waals surface area (Å²) in [5, 5.41) is 3.41. The topological polar surface area (TPSA) is 43.0 Å². The number of hydrogen-bond donors (Lipinski definition) is 1. The zero-order valence-electron chi connectivity index (χ0n) is 10.4. The first-order valence-electron chi connectivity index (χ1n) is 6.14. The van der Waals surface area contributed by atoms with Gasteiger partial charge in [0.15, 0.2) is 0 Å². The molecule has 4 nitrogen and oxygen atoms in total. The Morgan fingerprint density at radius 2 is 2.35 bits per heavy atom. The van der Waals surface area contributed by atoms with Crippen LogP contribution in [0.3, 0.4) is 0 Å². The minimum Gasteiger partial charge on any atom is -0.467 e. The van der Waals surface area contributed by atoms with E-state index in [4.69, 9.17) is 4.42 Å². The van der Waals surface area contributed by atoms with E-state index in [1.165, 1.54) is 0 Å². The average molecular weight is 233 g/mol. The van der Waals surface area contributed by atoms with E-state index in [2.05, 4.69) is 28.7 Å². The predicted molar refractivity (Wildman–Crippen MR) is 66.7 cm³/mol. The van der Waals surface area contributed by atoms with Gasteiger partial charge in [0.25, 0.3) is 0 Å². The van der Waals surface area contributed by atoms with E-state index in [-0.39, 0.29) is 6.04 Å². The lowest BCUT2D eigenvalue weighted by molar-refractivity contribution is 0.430. The number of imidazole rings is 1. The zero-order chi connectivity index (χ0) is 12.1. The summed E-state index contributed by atoms with van der Waals surface area (Å²) in [5.74, 6) is 1.93. The summed E-state index contributed by atoms with van der Waals surface area (Å²) in [6, 6.07) is 3.93. The number of aromatic nitrogens is 2. The predicted octanol–water partition coefficient (Wildman–Crippen LogP) is 2.59. The Balaban J connectivity index is 2.29. The van der Waals surface area contributed by atoms with Gasteiger partial charge in [0.2, 0.25) is 0 Å². The molecule has 2 rings (SSSR count). The fraction of sp³-hybridized carbons (Fsp3) is 0.462. The van der Waals surface area contributed by atoms with Gasteiger partial charge in [0, 0.05) is 18.9 Å². The first-order valence-corrected chi connectivity index (χ1v) is 6.14. The summed E-state index contributed by atoms with van der Waals surface area (Å²) in [6.07, 6.45) is 6.66. The SMILES string of the molecule is CCCn1ccnc1C(NCC)c1ccco1. The van der Waals surface area contributed by atoms with Crippen molar-refractivity contribution in [3.05, 3.63) is 42.4 Å². The molecule has 1 unspecified atom stereocenters. The van der Waals surface area contributed by atoms with E-state index >= 15 is 0 Å². The van der Waals surface area contributed by atoms with Gasteiger partial charge in [-0.1, -0.05) is 13.8 Å². The van der Waals surface area contributed by atoms with Crippen LogP contribution >= 0.6 is 0 Å². The fourth-order valence-electron chi connectivity index (χ4n) is 1.99. The third-order valence-corrected chi connectivity index (χ3v) is 2.71. The monoisotopic (exact) mass is 233 g/mol. The molecule has 4 heteroatoms. The minimum atomic E-state index is 0.0385. The third-order valence-electron chi connectivity index (χ3n) is 2.71. The molecular formula is C13H19N3O. The van der Waals surface area contributed by atoms with E-state index < -0.39 is 0 Å². The molecule has 0 aliphatic rings. The Hall–Kier alpha value is -1.55. The van der Waals surface area contributed by atoms with Crippen LogP contribution in [0.4, 0.5) is 0 Å². The van der Waals surface area contributed by atoms with Crippen molar-refractivity contribution in [3.8, 4) is 0 Å². The van der Waals surface area contributed by atoms with Crippen molar-refractivity contribution in [1.29, 1.82) is 0 Å². The van der Waals surface area contributed by atoms with Crippen molar-refractivity contribution in [1.82, 2.24) is 14.9 Å². The van der Waals surface area contributed by atoms with Crippen molar-refractivity contribution >= 4 is 0 Å². The van der Waals surface area contributed by atoms with Gasteiger partial charge in [-0.2, -0.15) is 0 Å². The summed E-state index contributed by atoms with van der Waals surface area (Å²) in [7, 11) is 0. The lowest BCUT2D eigenvalue weighted by Crippen LogP contribution is -2.25. The second kappa shape index (κ2) is 5.68. The highest BCUT2D eigenvalue weighted by molar-refractivity contribution is 5.15. The van der Waals surface area contributed by atoms with E-state index in [0.29, 0.717) is 0 Å². The lowest BCUT2D eigenvalue weighted by Gasteiger charge is -2.16. The Morgan fingerprint density at radius 1 is 1.47 bits per heavy atom. The number of hydrogen-bond acceptors (Lipinski definition) is 3. The van der Waals surface area contributed by atoms with Crippen molar-refractivity contribution in [2.75, 3.05) is 6.54 Å². The molecular weight excluding hydrogens is 214 g/mol. The number of rotatable bonds is 6. The van der Waals surface area contributed by atoms with Crippen LogP contribution in [-0.2, 0) is 6.54 Å². The summed E-state index contributed by atoms with van der Waals surface area (Å²) in [6.45, 7) is 6.12. The number of nitrogens with one attached hydrogen (secondary N) is 1. The average Bonchev–Trinajstić information content (AvgIpc) is 2.97. The van der Waals surface area contributed by atoms with Crippen LogP contribution < -0.4 is 5.32 Å². The molecule has 92 valence electrons. The number of nitrogens with zero attached hydrogens (tertiary/aromatic N) is 2. The molecule has 0 aliphatic carbocycles. The van der Waals surface area contributed by atoms with Gasteiger partial charge >= 0.3 is 0 Å². The first kappa shape index (κ1) is 11.9. The van der Waals surface area contributed by atoms with Crippen LogP contribution in [0.25, 0.3) is 0 Å². The molecule has 2 heterocycles. The molecule has 2 aromatic heterocycles. The Morgan fingerprint density at radius 3 is 3.00 bits per heavy atom. The van der Waals surface area contributed by atoms with Gasteiger partial charge in [-0.3, -0.25) is 0 Å². The van der Waals surface area contributed by atoms with E-state index in [1.54, 1.807) is 6.26 Å². The maximum Gasteiger partial charge on any atom is 0.133 e. The van der Waals surface area contributed by atoms with Crippen LogP contribution in [0.1, 0.15) is 37.9 Å². The normalized spacial score (nSPS) is 12.8. The van der Waals surface area contributed by atoms with Gasteiger partial charge in [-0.25, -0.2) is 4.98 Å². The van der Waals surface area contributed by atoms with Gasteiger partial charge < -0.3 is 14.3 Å². The largest absolute Gasteiger partial charge is 0.467 e. The molecule has 0 aliphatic heterocycles. The highest BCUT2D eigenvalue weighted by Gasteiger charge is 2.20. The van der Waals surface area contributed by atoms with Crippen molar-refractivity contribution in [2.24, 2.45) is 0 Å². The molecule has 0 saturated carbocycles. The Kier molecular flexibility index (Phi) is 3.98. The third kappa shape index (κ3) is 2.58. The van der Waals surface area contributed by atoms with E-state index in [1.807, 2.05) is 24.5 Å². The Bertz CT molecular complexity index is 433. The summed E-state index contributed by atoms with van der Waals surface area (Å²) in [5.41, 5.74) is 0. The molecule has 0 bridgehead atoms. The second-order valence-electron chi connectivity index (χ2n) is 3.98. The van der Waals surface area contributed by atoms with Crippen molar-refractivity contribution < 1.29 is 4.42 Å². The molecule has 1 atom stereocenters. The van der Waals surface area contributed by atoms with Crippen LogP contribution in [0.2, 0.25) is 0 Å². The van der Waals surface area contributed by atoms with Gasteiger partial charge in [0.05, 0.1) is 6.26 Å². The molecule has 1 N–H and O–H groups in total. The van der Waals surface area contributed by atoms with Crippen LogP contribution in [0.5, 0.6) is 0 Å². The summed E-state index contributed by atoms with van der Waals surface area (Å²) < 4.78 is 7.67. The standard InChI is InChI=1S/C13H19N3O/c1-3-8-16-9-7-15-13(16)12(14-4-2)11-6-5-10-17-11/h5-7,9-10,12,14H,3-4,8H2,1-2H3. The molecule has 0 radical (unpaired) electrons. The van der Waals surface area contributed by atoms with Crippen LogP contribution in [-0.4, -0.2) is 16.1 Å². The van der Waals surface area contributed by atoms with Crippen LogP contribution in [0.15, 0.2) is 35.2 Å². The van der Waals surface area contributed by atoms with E-state index in [0.717, 1.165) is 31.1 Å². The highest BCUT2D eigenvalue weighted by atomic mass is 16.3. The molecule has 0 fully saturated rings. The van der Waals surface area contributed by atoms with Gasteiger partial charge in [0.1, 0.15) is 17.6 Å². The number of furan rings is 1. The van der Waals surface area contributed by atoms with E-state index in [9.17, 15) is 0 Å². The molecule has 0 saturated heterocycles. The zero-order valence-corrected chi connectivity index (χ0v) is 10.4. The maximum absolute atomic E-state index is 5.49. The van der Waals surface area contributed by atoms with Crippen molar-refractivity contribution in [3.63, 3.8) is 0 Å². The summed E-state index contributed by atoms with van der Waals surface area (Å²) in [4.78, 5) is 4.45.